The van der Waals surface area contributed by atoms with Crippen molar-refractivity contribution in [3.05, 3.63) is 36.2 Å². The van der Waals surface area contributed by atoms with Gasteiger partial charge in [0.15, 0.2) is 11.0 Å². The van der Waals surface area contributed by atoms with Gasteiger partial charge in [0.05, 0.1) is 11.0 Å². The Balaban J connectivity index is 1.63. The highest BCUT2D eigenvalue weighted by atomic mass is 32.2. The molecule has 0 radical (unpaired) electrons. The summed E-state index contributed by atoms with van der Waals surface area (Å²) in [6.07, 6.45) is 0.491. The second kappa shape index (κ2) is 9.04. The molecule has 0 unspecified atom stereocenters. The maximum absolute atomic E-state index is 13.7. The Bertz CT molecular complexity index is 1090. The van der Waals surface area contributed by atoms with E-state index >= 15 is 0 Å². The molecule has 1 aliphatic carbocycles. The molecule has 0 aliphatic heterocycles. The third-order valence-corrected chi connectivity index (χ3v) is 5.70. The molecule has 0 spiro atoms. The fourth-order valence-corrected chi connectivity index (χ4v) is 4.13. The quantitative estimate of drug-likeness (QED) is 0.424. The van der Waals surface area contributed by atoms with Gasteiger partial charge in [-0.25, -0.2) is 23.5 Å². The van der Waals surface area contributed by atoms with Gasteiger partial charge >= 0.3 is 6.09 Å². The number of hydrogen-bond donors (Lipinski definition) is 2. The minimum absolute atomic E-state index is 0.0917. The number of fused-ring (bicyclic) bond motifs is 1. The van der Waals surface area contributed by atoms with Crippen molar-refractivity contribution in [3.8, 4) is 11.7 Å². The number of aromatic nitrogens is 4. The first kappa shape index (κ1) is 21.3. The molecule has 0 bridgehead atoms. The summed E-state index contributed by atoms with van der Waals surface area (Å²) in [5.74, 6) is 0.166. The molecule has 164 valence electrons. The van der Waals surface area contributed by atoms with Crippen LogP contribution >= 0.6 is 11.8 Å². The highest BCUT2D eigenvalue weighted by molar-refractivity contribution is 7.98. The Morgan fingerprint density at radius 1 is 1.23 bits per heavy atom. The molecule has 1 aliphatic rings. The van der Waals surface area contributed by atoms with Gasteiger partial charge in [-0.3, -0.25) is 4.57 Å². The van der Waals surface area contributed by atoms with Gasteiger partial charge in [-0.05, 0) is 44.1 Å². The van der Waals surface area contributed by atoms with E-state index in [4.69, 9.17) is 9.84 Å². The van der Waals surface area contributed by atoms with Crippen molar-refractivity contribution < 1.29 is 23.4 Å². The minimum atomic E-state index is -2.78. The number of nitrogens with zero attached hydrogens (tertiary/aromatic N) is 4. The summed E-state index contributed by atoms with van der Waals surface area (Å²) in [5.41, 5.74) is 0.976. The fraction of sp³-hybridized carbons (Fsp3) is 0.400. The summed E-state index contributed by atoms with van der Waals surface area (Å²) in [7, 11) is 0. The molecule has 31 heavy (non-hydrogen) atoms. The van der Waals surface area contributed by atoms with Crippen LogP contribution in [0.4, 0.5) is 13.6 Å². The number of imidazole rings is 1. The summed E-state index contributed by atoms with van der Waals surface area (Å²) in [6, 6.07) is 8.34. The number of thioether (sulfide) groups is 1. The Kier molecular flexibility index (Phi) is 6.21. The predicted molar refractivity (Wildman–Crippen MR) is 111 cm³/mol. The van der Waals surface area contributed by atoms with Crippen molar-refractivity contribution in [3.63, 3.8) is 0 Å². The Morgan fingerprint density at radius 2 is 1.97 bits per heavy atom. The molecule has 11 heteroatoms. The molecule has 4 rings (SSSR count). The van der Waals surface area contributed by atoms with Crippen LogP contribution in [0.3, 0.4) is 0 Å². The molecule has 1 aromatic carbocycles. The largest absolute Gasteiger partial charge is 0.474 e. The normalized spacial score (nSPS) is 19.0. The zero-order valence-electron chi connectivity index (χ0n) is 16.7. The highest BCUT2D eigenvalue weighted by Crippen LogP contribution is 2.30. The lowest BCUT2D eigenvalue weighted by Gasteiger charge is -2.28. The topological polar surface area (TPSA) is 102 Å². The molecule has 1 fully saturated rings. The standard InChI is InChI=1S/C20H21F2N5O3S/c1-31-19-25-15(27-14-5-3-2-4-13(14)24-18(27)17(21)22)10-16(26-19)30-12-8-6-11(7-9-12)23-20(28)29/h2-5,10-12,17,23H,6-9H2,1H3,(H,28,29)/t11-,12-. The molecule has 0 atom stereocenters. The lowest BCUT2D eigenvalue weighted by atomic mass is 9.93. The molecule has 2 N–H and O–H groups in total. The monoisotopic (exact) mass is 449 g/mol. The van der Waals surface area contributed by atoms with Crippen molar-refractivity contribution in [2.75, 3.05) is 6.26 Å². The average molecular weight is 449 g/mol. The molecular weight excluding hydrogens is 428 g/mol. The Labute approximate surface area is 181 Å². The number of carbonyl (C=O) groups is 1. The predicted octanol–water partition coefficient (Wildman–Crippen LogP) is 4.43. The smallest absolute Gasteiger partial charge is 0.404 e. The zero-order valence-corrected chi connectivity index (χ0v) is 17.5. The summed E-state index contributed by atoms with van der Waals surface area (Å²) >= 11 is 1.28. The number of carboxylic acid groups (broad SMARTS) is 1. The van der Waals surface area contributed by atoms with Crippen molar-refractivity contribution in [2.45, 2.75) is 49.4 Å². The number of rotatable bonds is 6. The summed E-state index contributed by atoms with van der Waals surface area (Å²) < 4.78 is 34.8. The maximum Gasteiger partial charge on any atom is 0.404 e. The molecule has 2 aromatic heterocycles. The third-order valence-electron chi connectivity index (χ3n) is 5.15. The van der Waals surface area contributed by atoms with E-state index < -0.39 is 18.3 Å². The Hall–Kier alpha value is -2.95. The van der Waals surface area contributed by atoms with E-state index in [1.807, 2.05) is 0 Å². The van der Waals surface area contributed by atoms with Crippen LogP contribution < -0.4 is 10.1 Å². The van der Waals surface area contributed by atoms with Gasteiger partial charge in [0.2, 0.25) is 5.88 Å². The van der Waals surface area contributed by atoms with E-state index in [2.05, 4.69) is 20.3 Å². The maximum atomic E-state index is 13.7. The van der Waals surface area contributed by atoms with Gasteiger partial charge in [0, 0.05) is 12.1 Å². The lowest BCUT2D eigenvalue weighted by molar-refractivity contribution is 0.128. The number of halogens is 2. The lowest BCUT2D eigenvalue weighted by Crippen LogP contribution is -2.39. The molecule has 0 saturated heterocycles. The average Bonchev–Trinajstić information content (AvgIpc) is 3.14. The van der Waals surface area contributed by atoms with Gasteiger partial charge < -0.3 is 15.2 Å². The molecule has 8 nitrogen and oxygen atoms in total. The van der Waals surface area contributed by atoms with Crippen LogP contribution in [0.25, 0.3) is 16.9 Å². The number of hydrogen-bond acceptors (Lipinski definition) is 6. The van der Waals surface area contributed by atoms with Crippen LogP contribution in [0, 0.1) is 0 Å². The van der Waals surface area contributed by atoms with Crippen LogP contribution in [0.2, 0.25) is 0 Å². The van der Waals surface area contributed by atoms with Gasteiger partial charge in [-0.2, -0.15) is 4.98 Å². The van der Waals surface area contributed by atoms with Crippen LogP contribution in [-0.4, -0.2) is 49.1 Å². The van der Waals surface area contributed by atoms with Crippen molar-refractivity contribution in [2.24, 2.45) is 0 Å². The molecule has 1 saturated carbocycles. The van der Waals surface area contributed by atoms with Crippen molar-refractivity contribution in [1.29, 1.82) is 0 Å². The third kappa shape index (κ3) is 4.71. The number of alkyl halides is 2. The molecule has 1 amide bonds. The summed E-state index contributed by atoms with van der Waals surface area (Å²) in [4.78, 5) is 23.7. The number of ether oxygens (including phenoxy) is 1. The molecule has 3 aromatic rings. The van der Waals surface area contributed by atoms with Crippen LogP contribution in [0.5, 0.6) is 5.88 Å². The van der Waals surface area contributed by atoms with E-state index in [0.29, 0.717) is 47.8 Å². The van der Waals surface area contributed by atoms with E-state index in [-0.39, 0.29) is 18.0 Å². The molecular formula is C20H21F2N5O3S. The van der Waals surface area contributed by atoms with E-state index in [1.54, 1.807) is 36.6 Å². The van der Waals surface area contributed by atoms with E-state index in [1.165, 1.54) is 16.3 Å². The van der Waals surface area contributed by atoms with Crippen LogP contribution in [-0.2, 0) is 0 Å². The summed E-state index contributed by atoms with van der Waals surface area (Å²) in [6.45, 7) is 0. The van der Waals surface area contributed by atoms with Crippen molar-refractivity contribution >= 4 is 28.9 Å². The zero-order chi connectivity index (χ0) is 22.0. The van der Waals surface area contributed by atoms with Gasteiger partial charge in [-0.15, -0.1) is 0 Å². The number of para-hydroxylation sites is 2. The van der Waals surface area contributed by atoms with E-state index in [9.17, 15) is 13.6 Å². The Morgan fingerprint density at radius 3 is 2.65 bits per heavy atom. The second-order valence-electron chi connectivity index (χ2n) is 7.19. The fourth-order valence-electron chi connectivity index (χ4n) is 3.76. The molecule has 2 heterocycles. The van der Waals surface area contributed by atoms with Crippen molar-refractivity contribution in [1.82, 2.24) is 24.8 Å². The number of nitrogens with one attached hydrogen (secondary N) is 1. The second-order valence-corrected chi connectivity index (χ2v) is 7.96. The van der Waals surface area contributed by atoms with Crippen LogP contribution in [0.1, 0.15) is 37.9 Å². The minimum Gasteiger partial charge on any atom is -0.474 e. The number of amides is 1. The van der Waals surface area contributed by atoms with E-state index in [0.717, 1.165) is 0 Å². The first-order chi connectivity index (χ1) is 14.9. The first-order valence-electron chi connectivity index (χ1n) is 9.79. The van der Waals surface area contributed by atoms with Crippen LogP contribution in [0.15, 0.2) is 35.5 Å². The summed E-state index contributed by atoms with van der Waals surface area (Å²) in [5, 5.41) is 11.8. The van der Waals surface area contributed by atoms with Gasteiger partial charge in [0.25, 0.3) is 6.43 Å². The SMILES string of the molecule is CSc1nc(O[C@H]2CC[C@H](NC(=O)O)CC2)cc(-n2c(C(F)F)nc3ccccc32)n1. The first-order valence-corrected chi connectivity index (χ1v) is 11.0. The number of benzene rings is 1. The van der Waals surface area contributed by atoms with Gasteiger partial charge in [0.1, 0.15) is 11.9 Å². The van der Waals surface area contributed by atoms with Gasteiger partial charge in [-0.1, -0.05) is 23.9 Å². The highest BCUT2D eigenvalue weighted by Gasteiger charge is 2.25.